The molecular formula is C15H23FN2O3S. The highest BCUT2D eigenvalue weighted by molar-refractivity contribution is 7.89. The Balaban J connectivity index is 2.75. The van der Waals surface area contributed by atoms with E-state index in [2.05, 4.69) is 4.72 Å². The van der Waals surface area contributed by atoms with E-state index in [1.165, 1.54) is 19.1 Å². The molecule has 0 spiro atoms. The van der Waals surface area contributed by atoms with Crippen molar-refractivity contribution in [3.05, 3.63) is 29.6 Å². The Hall–Kier alpha value is -1.47. The summed E-state index contributed by atoms with van der Waals surface area (Å²) < 4.78 is 39.9. The molecule has 1 aromatic carbocycles. The van der Waals surface area contributed by atoms with E-state index in [1.807, 2.05) is 13.8 Å². The van der Waals surface area contributed by atoms with Gasteiger partial charge in [0.2, 0.25) is 15.9 Å². The topological polar surface area (TPSA) is 66.5 Å². The van der Waals surface area contributed by atoms with Crippen molar-refractivity contribution in [1.82, 2.24) is 9.62 Å². The predicted molar refractivity (Wildman–Crippen MR) is 83.5 cm³/mol. The summed E-state index contributed by atoms with van der Waals surface area (Å²) in [7, 11) is -3.72. The first-order valence-electron chi connectivity index (χ1n) is 7.22. The van der Waals surface area contributed by atoms with E-state index in [4.69, 9.17) is 0 Å². The number of nitrogens with one attached hydrogen (secondary N) is 1. The Morgan fingerprint density at radius 2 is 2.05 bits per heavy atom. The minimum absolute atomic E-state index is 0.0480. The van der Waals surface area contributed by atoms with Gasteiger partial charge in [0.05, 0.1) is 4.90 Å². The summed E-state index contributed by atoms with van der Waals surface area (Å²) in [4.78, 5) is 13.2. The molecule has 0 aliphatic carbocycles. The van der Waals surface area contributed by atoms with Crippen molar-refractivity contribution < 1.29 is 17.6 Å². The van der Waals surface area contributed by atoms with Gasteiger partial charge in [-0.05, 0) is 44.0 Å². The zero-order chi connectivity index (χ0) is 16.9. The first kappa shape index (κ1) is 18.6. The summed E-state index contributed by atoms with van der Waals surface area (Å²) in [5.74, 6) is -0.567. The average Bonchev–Trinajstić information content (AvgIpc) is 2.41. The van der Waals surface area contributed by atoms with Crippen LogP contribution in [0.3, 0.4) is 0 Å². The average molecular weight is 330 g/mol. The molecule has 0 heterocycles. The largest absolute Gasteiger partial charge is 0.339 e. The van der Waals surface area contributed by atoms with E-state index in [0.29, 0.717) is 12.1 Å². The van der Waals surface area contributed by atoms with Crippen LogP contribution in [-0.2, 0) is 14.8 Å². The van der Waals surface area contributed by atoms with Crippen molar-refractivity contribution >= 4 is 15.9 Å². The second-order valence-electron chi connectivity index (χ2n) is 5.28. The molecule has 0 aromatic heterocycles. The number of aryl methyl sites for hydroxylation is 1. The summed E-state index contributed by atoms with van der Waals surface area (Å²) >= 11 is 0. The molecule has 0 bridgehead atoms. The van der Waals surface area contributed by atoms with Gasteiger partial charge < -0.3 is 4.90 Å². The number of carbonyl (C=O) groups excluding carboxylic acids is 1. The lowest BCUT2D eigenvalue weighted by molar-refractivity contribution is -0.130. The summed E-state index contributed by atoms with van der Waals surface area (Å²) in [6.07, 6.45) is 0.795. The smallest absolute Gasteiger partial charge is 0.240 e. The SMILES string of the molecule is CCC(C)N(CCNS(=O)(=O)c1ccc(F)cc1C)C(C)=O. The van der Waals surface area contributed by atoms with Crippen LogP contribution in [0, 0.1) is 12.7 Å². The lowest BCUT2D eigenvalue weighted by Gasteiger charge is -2.27. The molecule has 1 amide bonds. The lowest BCUT2D eigenvalue weighted by atomic mass is 10.2. The summed E-state index contributed by atoms with van der Waals surface area (Å²) in [6, 6.07) is 3.58. The number of halogens is 1. The molecular weight excluding hydrogens is 307 g/mol. The van der Waals surface area contributed by atoms with Crippen molar-refractivity contribution in [2.75, 3.05) is 13.1 Å². The van der Waals surface area contributed by atoms with Gasteiger partial charge in [-0.1, -0.05) is 6.92 Å². The van der Waals surface area contributed by atoms with Gasteiger partial charge in [0.25, 0.3) is 0 Å². The first-order valence-corrected chi connectivity index (χ1v) is 8.70. The molecule has 22 heavy (non-hydrogen) atoms. The third kappa shape index (κ3) is 4.78. The molecule has 0 aliphatic heterocycles. The Bertz CT molecular complexity index is 632. The monoisotopic (exact) mass is 330 g/mol. The van der Waals surface area contributed by atoms with E-state index in [9.17, 15) is 17.6 Å². The maximum Gasteiger partial charge on any atom is 0.240 e. The quantitative estimate of drug-likeness (QED) is 0.832. The molecule has 1 atom stereocenters. The molecule has 0 radical (unpaired) electrons. The maximum atomic E-state index is 13.1. The Morgan fingerprint density at radius 1 is 1.41 bits per heavy atom. The molecule has 0 saturated carbocycles. The van der Waals surface area contributed by atoms with Crippen molar-refractivity contribution in [2.24, 2.45) is 0 Å². The highest BCUT2D eigenvalue weighted by atomic mass is 32.2. The normalized spacial score (nSPS) is 13.0. The van der Waals surface area contributed by atoms with Gasteiger partial charge in [-0.25, -0.2) is 17.5 Å². The Morgan fingerprint density at radius 3 is 2.55 bits per heavy atom. The number of sulfonamides is 1. The molecule has 7 heteroatoms. The van der Waals surface area contributed by atoms with Crippen molar-refractivity contribution in [3.8, 4) is 0 Å². The van der Waals surface area contributed by atoms with Crippen LogP contribution in [0.5, 0.6) is 0 Å². The van der Waals surface area contributed by atoms with Crippen LogP contribution in [0.2, 0.25) is 0 Å². The van der Waals surface area contributed by atoms with Crippen LogP contribution >= 0.6 is 0 Å². The van der Waals surface area contributed by atoms with Crippen LogP contribution in [-0.4, -0.2) is 38.4 Å². The number of rotatable bonds is 7. The second kappa shape index (κ2) is 7.69. The van der Waals surface area contributed by atoms with Crippen molar-refractivity contribution in [1.29, 1.82) is 0 Å². The summed E-state index contributed by atoms with van der Waals surface area (Å²) in [5, 5.41) is 0. The molecule has 0 saturated heterocycles. The third-order valence-corrected chi connectivity index (χ3v) is 5.22. The standard InChI is InChI=1S/C15H23FN2O3S/c1-5-12(3)18(13(4)19)9-8-17-22(20,21)15-7-6-14(16)10-11(15)2/h6-7,10,12,17H,5,8-9H2,1-4H3. The van der Waals surface area contributed by atoms with Gasteiger partial charge in [-0.2, -0.15) is 0 Å². The zero-order valence-corrected chi connectivity index (χ0v) is 14.2. The molecule has 0 fully saturated rings. The van der Waals surface area contributed by atoms with Crippen LogP contribution < -0.4 is 4.72 Å². The fraction of sp³-hybridized carbons (Fsp3) is 0.533. The van der Waals surface area contributed by atoms with Gasteiger partial charge in [-0.15, -0.1) is 0 Å². The van der Waals surface area contributed by atoms with E-state index in [-0.39, 0.29) is 23.4 Å². The minimum atomic E-state index is -3.72. The number of hydrogen-bond acceptors (Lipinski definition) is 3. The fourth-order valence-corrected chi connectivity index (χ4v) is 3.45. The molecule has 1 unspecified atom stereocenters. The number of amides is 1. The molecule has 124 valence electrons. The van der Waals surface area contributed by atoms with Crippen LogP contribution in [0.25, 0.3) is 0 Å². The Kier molecular flexibility index (Phi) is 6.49. The number of benzene rings is 1. The fourth-order valence-electron chi connectivity index (χ4n) is 2.20. The number of hydrogen-bond donors (Lipinski definition) is 1. The van der Waals surface area contributed by atoms with Gasteiger partial charge in [0.1, 0.15) is 5.82 Å². The van der Waals surface area contributed by atoms with E-state index >= 15 is 0 Å². The molecule has 1 N–H and O–H groups in total. The highest BCUT2D eigenvalue weighted by Crippen LogP contribution is 2.15. The highest BCUT2D eigenvalue weighted by Gasteiger charge is 2.19. The van der Waals surface area contributed by atoms with E-state index < -0.39 is 15.8 Å². The first-order chi connectivity index (χ1) is 10.2. The maximum absolute atomic E-state index is 13.1. The number of nitrogens with zero attached hydrogens (tertiary/aromatic N) is 1. The third-order valence-electron chi connectivity index (χ3n) is 3.60. The Labute approximate surface area is 131 Å². The zero-order valence-electron chi connectivity index (χ0n) is 13.4. The van der Waals surface area contributed by atoms with Crippen molar-refractivity contribution in [3.63, 3.8) is 0 Å². The molecule has 1 aromatic rings. The summed E-state index contributed by atoms with van der Waals surface area (Å²) in [6.45, 7) is 7.29. The molecule has 0 aliphatic rings. The van der Waals surface area contributed by atoms with E-state index in [0.717, 1.165) is 12.5 Å². The van der Waals surface area contributed by atoms with Crippen LogP contribution in [0.1, 0.15) is 32.8 Å². The van der Waals surface area contributed by atoms with Gasteiger partial charge in [0, 0.05) is 26.1 Å². The van der Waals surface area contributed by atoms with Crippen LogP contribution in [0.4, 0.5) is 4.39 Å². The predicted octanol–water partition coefficient (Wildman–Crippen LogP) is 2.06. The lowest BCUT2D eigenvalue weighted by Crippen LogP contribution is -2.42. The second-order valence-corrected chi connectivity index (χ2v) is 7.01. The van der Waals surface area contributed by atoms with Gasteiger partial charge in [0.15, 0.2) is 0 Å². The van der Waals surface area contributed by atoms with Gasteiger partial charge in [-0.3, -0.25) is 4.79 Å². The van der Waals surface area contributed by atoms with Gasteiger partial charge >= 0.3 is 0 Å². The summed E-state index contributed by atoms with van der Waals surface area (Å²) in [5.41, 5.74) is 0.345. The van der Waals surface area contributed by atoms with Crippen LogP contribution in [0.15, 0.2) is 23.1 Å². The van der Waals surface area contributed by atoms with Crippen molar-refractivity contribution in [2.45, 2.75) is 45.1 Å². The molecule has 1 rings (SSSR count). The minimum Gasteiger partial charge on any atom is -0.339 e. The molecule has 5 nitrogen and oxygen atoms in total. The van der Waals surface area contributed by atoms with E-state index in [1.54, 1.807) is 11.8 Å². The number of carbonyl (C=O) groups is 1.